The lowest BCUT2D eigenvalue weighted by Gasteiger charge is -2.26. The molecule has 0 unspecified atom stereocenters. The summed E-state index contributed by atoms with van der Waals surface area (Å²) in [5.41, 5.74) is 1.37. The molecule has 0 radical (unpaired) electrons. The molecule has 3 rings (SSSR count). The molecule has 0 saturated carbocycles. The van der Waals surface area contributed by atoms with Gasteiger partial charge in [0, 0.05) is 37.5 Å². The van der Waals surface area contributed by atoms with E-state index in [2.05, 4.69) is 5.10 Å². The van der Waals surface area contributed by atoms with Crippen molar-refractivity contribution in [1.29, 1.82) is 0 Å². The Kier molecular flexibility index (Phi) is 8.02. The van der Waals surface area contributed by atoms with Gasteiger partial charge in [0.05, 0.1) is 22.1 Å². The highest BCUT2D eigenvalue weighted by molar-refractivity contribution is 8.01. The number of sulfone groups is 1. The van der Waals surface area contributed by atoms with Crippen LogP contribution in [0.1, 0.15) is 17.7 Å². The normalized spacial score (nSPS) is 14.5. The number of thioether (sulfide) groups is 1. The summed E-state index contributed by atoms with van der Waals surface area (Å²) in [6.07, 6.45) is 3.68. The van der Waals surface area contributed by atoms with E-state index < -0.39 is 9.84 Å². The maximum absolute atomic E-state index is 12.7. The van der Waals surface area contributed by atoms with Gasteiger partial charge in [0.1, 0.15) is 5.15 Å². The standard InChI is InChI=1S/C21H25ClN4O4S2/c1-16-18(21(22)24(2)23-16)9-10-19(27)25-11-6-12-26(25)20(28)15-31-13-14-32(29,30)17-7-4-3-5-8-17/h3-5,7-10H,6,11-15H2,1-2H3/b10-9+. The summed E-state index contributed by atoms with van der Waals surface area (Å²) in [7, 11) is -1.66. The number of nitrogens with zero attached hydrogens (tertiary/aromatic N) is 4. The number of amides is 2. The zero-order chi connectivity index (χ0) is 23.3. The Morgan fingerprint density at radius 2 is 1.88 bits per heavy atom. The van der Waals surface area contributed by atoms with Crippen LogP contribution in [-0.4, -0.2) is 70.4 Å². The summed E-state index contributed by atoms with van der Waals surface area (Å²) in [5, 5.41) is 7.49. The highest BCUT2D eigenvalue weighted by Gasteiger charge is 2.29. The first-order valence-corrected chi connectivity index (χ1v) is 13.2. The number of aromatic nitrogens is 2. The molecule has 1 aromatic carbocycles. The molecular formula is C21H25ClN4O4S2. The van der Waals surface area contributed by atoms with Gasteiger partial charge in [-0.1, -0.05) is 29.8 Å². The number of carbonyl (C=O) groups is 2. The summed E-state index contributed by atoms with van der Waals surface area (Å²) >= 11 is 7.44. The minimum atomic E-state index is -3.38. The van der Waals surface area contributed by atoms with Crippen LogP contribution in [0.15, 0.2) is 41.3 Å². The Balaban J connectivity index is 1.52. The van der Waals surface area contributed by atoms with Gasteiger partial charge in [-0.15, -0.1) is 0 Å². The summed E-state index contributed by atoms with van der Waals surface area (Å²) in [4.78, 5) is 25.6. The summed E-state index contributed by atoms with van der Waals surface area (Å²) < 4.78 is 26.2. The fourth-order valence-electron chi connectivity index (χ4n) is 3.32. The van der Waals surface area contributed by atoms with Crippen molar-refractivity contribution in [3.8, 4) is 0 Å². The number of halogens is 1. The second kappa shape index (κ2) is 10.5. The quantitative estimate of drug-likeness (QED) is 0.412. The first kappa shape index (κ1) is 24.3. The first-order chi connectivity index (χ1) is 15.2. The molecule has 0 aliphatic carbocycles. The van der Waals surface area contributed by atoms with Gasteiger partial charge in [-0.3, -0.25) is 19.3 Å². The first-order valence-electron chi connectivity index (χ1n) is 10.0. The Hall–Kier alpha value is -2.30. The van der Waals surface area contributed by atoms with Crippen molar-refractivity contribution < 1.29 is 18.0 Å². The van der Waals surface area contributed by atoms with E-state index >= 15 is 0 Å². The number of hydrogen-bond donors (Lipinski definition) is 0. The number of hydrogen-bond acceptors (Lipinski definition) is 6. The topological polar surface area (TPSA) is 92.6 Å². The zero-order valence-electron chi connectivity index (χ0n) is 17.9. The van der Waals surface area contributed by atoms with Gasteiger partial charge in [0.25, 0.3) is 11.8 Å². The van der Waals surface area contributed by atoms with Gasteiger partial charge in [0.2, 0.25) is 0 Å². The molecule has 0 spiro atoms. The van der Waals surface area contributed by atoms with Crippen LogP contribution in [0.5, 0.6) is 0 Å². The highest BCUT2D eigenvalue weighted by atomic mass is 35.5. The molecule has 2 aromatic rings. The lowest BCUT2D eigenvalue weighted by molar-refractivity contribution is -0.152. The van der Waals surface area contributed by atoms with E-state index in [9.17, 15) is 18.0 Å². The molecule has 11 heteroatoms. The van der Waals surface area contributed by atoms with Crippen molar-refractivity contribution in [2.24, 2.45) is 7.05 Å². The number of hydrazine groups is 1. The molecule has 1 aliphatic rings. The van der Waals surface area contributed by atoms with Crippen LogP contribution in [-0.2, 0) is 26.5 Å². The molecule has 32 heavy (non-hydrogen) atoms. The predicted octanol–water partition coefficient (Wildman–Crippen LogP) is 2.58. The van der Waals surface area contributed by atoms with E-state index in [1.165, 1.54) is 32.5 Å². The fraction of sp³-hybridized carbons (Fsp3) is 0.381. The molecule has 0 N–H and O–H groups in total. The molecule has 1 aromatic heterocycles. The van der Waals surface area contributed by atoms with Crippen LogP contribution in [0.3, 0.4) is 0 Å². The molecule has 1 fully saturated rings. The zero-order valence-corrected chi connectivity index (χ0v) is 20.3. The number of aryl methyl sites for hydroxylation is 2. The minimum absolute atomic E-state index is 0.0500. The molecule has 8 nitrogen and oxygen atoms in total. The molecule has 1 aliphatic heterocycles. The Morgan fingerprint density at radius 3 is 2.53 bits per heavy atom. The van der Waals surface area contributed by atoms with Crippen molar-refractivity contribution in [3.63, 3.8) is 0 Å². The van der Waals surface area contributed by atoms with E-state index in [1.807, 2.05) is 0 Å². The highest BCUT2D eigenvalue weighted by Crippen LogP contribution is 2.21. The molecule has 172 valence electrons. The van der Waals surface area contributed by atoms with Gasteiger partial charge in [-0.05, 0) is 31.6 Å². The van der Waals surface area contributed by atoms with Gasteiger partial charge < -0.3 is 0 Å². The van der Waals surface area contributed by atoms with Crippen molar-refractivity contribution in [2.45, 2.75) is 18.2 Å². The summed E-state index contributed by atoms with van der Waals surface area (Å²) in [6, 6.07) is 8.25. The molecule has 0 atom stereocenters. The van der Waals surface area contributed by atoms with Gasteiger partial charge in [-0.25, -0.2) is 13.4 Å². The predicted molar refractivity (Wildman–Crippen MR) is 126 cm³/mol. The number of benzene rings is 1. The lowest BCUT2D eigenvalue weighted by atomic mass is 10.2. The van der Waals surface area contributed by atoms with Crippen LogP contribution in [0.25, 0.3) is 6.08 Å². The maximum Gasteiger partial charge on any atom is 0.265 e. The largest absolute Gasteiger partial charge is 0.272 e. The van der Waals surface area contributed by atoms with Crippen LogP contribution < -0.4 is 0 Å². The Labute approximate surface area is 197 Å². The van der Waals surface area contributed by atoms with E-state index in [1.54, 1.807) is 50.4 Å². The average Bonchev–Trinajstić information content (AvgIpc) is 3.35. The van der Waals surface area contributed by atoms with Crippen LogP contribution in [0.4, 0.5) is 0 Å². The maximum atomic E-state index is 12.7. The smallest absolute Gasteiger partial charge is 0.265 e. The summed E-state index contributed by atoms with van der Waals surface area (Å²) in [6.45, 7) is 2.70. The van der Waals surface area contributed by atoms with Crippen molar-refractivity contribution in [2.75, 3.05) is 30.3 Å². The third-order valence-electron chi connectivity index (χ3n) is 4.99. The SMILES string of the molecule is Cc1nn(C)c(Cl)c1/C=C/C(=O)N1CCCN1C(=O)CSCCS(=O)(=O)c1ccccc1. The van der Waals surface area contributed by atoms with E-state index in [0.29, 0.717) is 41.7 Å². The van der Waals surface area contributed by atoms with Crippen molar-refractivity contribution >= 4 is 51.1 Å². The summed E-state index contributed by atoms with van der Waals surface area (Å²) in [5.74, 6) is -0.186. The molecular weight excluding hydrogens is 472 g/mol. The third kappa shape index (κ3) is 5.73. The van der Waals surface area contributed by atoms with Crippen molar-refractivity contribution in [1.82, 2.24) is 19.8 Å². The van der Waals surface area contributed by atoms with E-state index in [4.69, 9.17) is 11.6 Å². The Bertz CT molecular complexity index is 1120. The second-order valence-electron chi connectivity index (χ2n) is 7.26. The fourth-order valence-corrected chi connectivity index (χ4v) is 6.19. The third-order valence-corrected chi connectivity index (χ3v) is 8.37. The Morgan fingerprint density at radius 1 is 1.19 bits per heavy atom. The molecule has 2 heterocycles. The van der Waals surface area contributed by atoms with E-state index in [0.717, 1.165) is 0 Å². The molecule has 0 bridgehead atoms. The van der Waals surface area contributed by atoms with E-state index in [-0.39, 0.29) is 28.2 Å². The molecule has 1 saturated heterocycles. The van der Waals surface area contributed by atoms with Crippen LogP contribution in [0, 0.1) is 6.92 Å². The lowest BCUT2D eigenvalue weighted by Crippen LogP contribution is -2.45. The number of carbonyl (C=O) groups excluding carboxylic acids is 2. The van der Waals surface area contributed by atoms with Gasteiger partial charge >= 0.3 is 0 Å². The second-order valence-corrected chi connectivity index (χ2v) is 10.8. The number of rotatable bonds is 8. The van der Waals surface area contributed by atoms with Crippen LogP contribution in [0.2, 0.25) is 5.15 Å². The van der Waals surface area contributed by atoms with Gasteiger partial charge in [-0.2, -0.15) is 16.9 Å². The van der Waals surface area contributed by atoms with Crippen LogP contribution >= 0.6 is 23.4 Å². The average molecular weight is 497 g/mol. The molecule has 2 amide bonds. The van der Waals surface area contributed by atoms with Gasteiger partial charge in [0.15, 0.2) is 9.84 Å². The monoisotopic (exact) mass is 496 g/mol. The van der Waals surface area contributed by atoms with Crippen molar-refractivity contribution in [3.05, 3.63) is 52.8 Å². The minimum Gasteiger partial charge on any atom is -0.272 e.